The Morgan fingerprint density at radius 1 is 0.971 bits per heavy atom. The molecule has 6 nitrogen and oxygen atoms in total. The Morgan fingerprint density at radius 3 is 2.47 bits per heavy atom. The van der Waals surface area contributed by atoms with Gasteiger partial charge in [0, 0.05) is 47.8 Å². The second kappa shape index (κ2) is 10.6. The van der Waals surface area contributed by atoms with Crippen LogP contribution in [0.3, 0.4) is 0 Å². The van der Waals surface area contributed by atoms with Crippen molar-refractivity contribution in [3.63, 3.8) is 0 Å². The topological polar surface area (TPSA) is 67.9 Å². The number of methoxy groups -OCH3 is 2. The molecule has 0 bridgehead atoms. The molecule has 1 aliphatic rings. The van der Waals surface area contributed by atoms with Crippen molar-refractivity contribution in [1.29, 1.82) is 0 Å². The van der Waals surface area contributed by atoms with Crippen molar-refractivity contribution < 1.29 is 19.1 Å². The lowest BCUT2D eigenvalue weighted by atomic mass is 9.87. The van der Waals surface area contributed by atoms with Crippen LogP contribution in [-0.4, -0.2) is 44.0 Å². The number of amides is 2. The molecule has 0 aromatic heterocycles. The molecule has 0 saturated carbocycles. The van der Waals surface area contributed by atoms with Crippen molar-refractivity contribution in [2.75, 3.05) is 27.3 Å². The molecular formula is C27H27ClN2O4. The molecule has 2 atom stereocenters. The van der Waals surface area contributed by atoms with Gasteiger partial charge in [-0.3, -0.25) is 9.59 Å². The van der Waals surface area contributed by atoms with Gasteiger partial charge in [0.15, 0.2) is 0 Å². The van der Waals surface area contributed by atoms with Crippen LogP contribution in [0.2, 0.25) is 5.02 Å². The van der Waals surface area contributed by atoms with E-state index in [4.69, 9.17) is 21.1 Å². The summed E-state index contributed by atoms with van der Waals surface area (Å²) in [6.07, 6.45) is 0. The van der Waals surface area contributed by atoms with Crippen LogP contribution in [0.4, 0.5) is 0 Å². The molecule has 176 valence electrons. The zero-order chi connectivity index (χ0) is 24.1. The van der Waals surface area contributed by atoms with Crippen molar-refractivity contribution in [2.45, 2.75) is 12.5 Å². The first-order valence-electron chi connectivity index (χ1n) is 11.1. The Balaban J connectivity index is 1.61. The highest BCUT2D eigenvalue weighted by atomic mass is 35.5. The first kappa shape index (κ1) is 23.6. The monoisotopic (exact) mass is 478 g/mol. The van der Waals surface area contributed by atoms with Crippen molar-refractivity contribution in [3.8, 4) is 11.5 Å². The summed E-state index contributed by atoms with van der Waals surface area (Å²) in [6, 6.07) is 22.2. The number of ether oxygens (including phenoxy) is 2. The summed E-state index contributed by atoms with van der Waals surface area (Å²) in [5.74, 6) is 0.359. The summed E-state index contributed by atoms with van der Waals surface area (Å²) in [5, 5.41) is 3.54. The van der Waals surface area contributed by atoms with Crippen LogP contribution in [0.15, 0.2) is 72.8 Å². The van der Waals surface area contributed by atoms with Crippen LogP contribution >= 0.6 is 11.6 Å². The van der Waals surface area contributed by atoms with Gasteiger partial charge >= 0.3 is 0 Å². The molecule has 2 amide bonds. The van der Waals surface area contributed by atoms with E-state index < -0.39 is 5.92 Å². The second-order valence-electron chi connectivity index (χ2n) is 8.24. The number of carbonyl (C=O) groups excluding carboxylic acids is 2. The number of carbonyl (C=O) groups is 2. The fourth-order valence-electron chi connectivity index (χ4n) is 4.40. The summed E-state index contributed by atoms with van der Waals surface area (Å²) in [7, 11) is 3.18. The summed E-state index contributed by atoms with van der Waals surface area (Å²) >= 11 is 6.10. The van der Waals surface area contributed by atoms with Crippen LogP contribution in [0.1, 0.15) is 27.4 Å². The minimum atomic E-state index is -0.436. The molecule has 1 aliphatic heterocycles. The largest absolute Gasteiger partial charge is 0.497 e. The van der Waals surface area contributed by atoms with Gasteiger partial charge in [-0.05, 0) is 29.8 Å². The maximum atomic E-state index is 13.3. The average molecular weight is 479 g/mol. The SMILES string of the molecule is COc1ccc([C@@H]2CN(C(=O)c3cccc(Cl)c3)C[C@H]2C(=O)NCc2ccccc2)c(OC)c1. The lowest BCUT2D eigenvalue weighted by Crippen LogP contribution is -2.35. The van der Waals surface area contributed by atoms with E-state index in [0.29, 0.717) is 41.7 Å². The predicted octanol–water partition coefficient (Wildman–Crippen LogP) is 4.53. The fourth-order valence-corrected chi connectivity index (χ4v) is 4.59. The van der Waals surface area contributed by atoms with Gasteiger partial charge in [0.1, 0.15) is 11.5 Å². The molecular weight excluding hydrogens is 452 g/mol. The first-order valence-corrected chi connectivity index (χ1v) is 11.5. The van der Waals surface area contributed by atoms with E-state index in [1.807, 2.05) is 42.5 Å². The van der Waals surface area contributed by atoms with Crippen molar-refractivity contribution >= 4 is 23.4 Å². The van der Waals surface area contributed by atoms with E-state index in [1.165, 1.54) is 0 Å². The van der Waals surface area contributed by atoms with Gasteiger partial charge in [-0.2, -0.15) is 0 Å². The molecule has 0 spiro atoms. The van der Waals surface area contributed by atoms with Crippen LogP contribution in [-0.2, 0) is 11.3 Å². The number of hydrogen-bond donors (Lipinski definition) is 1. The van der Waals surface area contributed by atoms with Crippen molar-refractivity contribution in [3.05, 3.63) is 94.5 Å². The van der Waals surface area contributed by atoms with Gasteiger partial charge in [0.05, 0.1) is 20.1 Å². The molecule has 3 aromatic carbocycles. The highest BCUT2D eigenvalue weighted by Crippen LogP contribution is 2.40. The highest BCUT2D eigenvalue weighted by Gasteiger charge is 2.41. The zero-order valence-corrected chi connectivity index (χ0v) is 19.9. The van der Waals surface area contributed by atoms with Crippen molar-refractivity contribution in [2.24, 2.45) is 5.92 Å². The third-order valence-electron chi connectivity index (χ3n) is 6.17. The molecule has 34 heavy (non-hydrogen) atoms. The van der Waals surface area contributed by atoms with Crippen LogP contribution in [0.5, 0.6) is 11.5 Å². The fraction of sp³-hybridized carbons (Fsp3) is 0.259. The third kappa shape index (κ3) is 5.18. The van der Waals surface area contributed by atoms with Crippen LogP contribution in [0, 0.1) is 5.92 Å². The average Bonchev–Trinajstić information content (AvgIpc) is 3.32. The van der Waals surface area contributed by atoms with Gasteiger partial charge in [-0.25, -0.2) is 0 Å². The Hall–Kier alpha value is -3.51. The molecule has 3 aromatic rings. The van der Waals surface area contributed by atoms with Crippen LogP contribution < -0.4 is 14.8 Å². The van der Waals surface area contributed by atoms with E-state index in [2.05, 4.69) is 5.32 Å². The standard InChI is InChI=1S/C27H27ClN2O4/c1-33-21-11-12-22(25(14-21)34-2)23-16-30(27(32)19-9-6-10-20(28)13-19)17-24(23)26(31)29-15-18-7-4-3-5-8-18/h3-14,23-24H,15-17H2,1-2H3,(H,29,31)/t23-,24+/m0/s1. The molecule has 1 N–H and O–H groups in total. The number of nitrogens with one attached hydrogen (secondary N) is 1. The maximum absolute atomic E-state index is 13.3. The lowest BCUT2D eigenvalue weighted by Gasteiger charge is -2.21. The summed E-state index contributed by atoms with van der Waals surface area (Å²) in [5.41, 5.74) is 2.38. The number of hydrogen-bond acceptors (Lipinski definition) is 4. The lowest BCUT2D eigenvalue weighted by molar-refractivity contribution is -0.125. The predicted molar refractivity (Wildman–Crippen MR) is 131 cm³/mol. The zero-order valence-electron chi connectivity index (χ0n) is 19.2. The molecule has 0 unspecified atom stereocenters. The Bertz CT molecular complexity index is 1170. The van der Waals surface area contributed by atoms with E-state index in [9.17, 15) is 9.59 Å². The van der Waals surface area contributed by atoms with Gasteiger partial charge in [0.25, 0.3) is 5.91 Å². The second-order valence-corrected chi connectivity index (χ2v) is 8.68. The molecule has 1 heterocycles. The Labute approximate surface area is 204 Å². The van der Waals surface area contributed by atoms with Gasteiger partial charge in [-0.1, -0.05) is 54.1 Å². The number of benzene rings is 3. The number of halogens is 1. The molecule has 0 aliphatic carbocycles. The van der Waals surface area contributed by atoms with Crippen LogP contribution in [0.25, 0.3) is 0 Å². The van der Waals surface area contributed by atoms with E-state index in [1.54, 1.807) is 49.5 Å². The van der Waals surface area contributed by atoms with Gasteiger partial charge in [0.2, 0.25) is 5.91 Å². The third-order valence-corrected chi connectivity index (χ3v) is 6.40. The highest BCUT2D eigenvalue weighted by molar-refractivity contribution is 6.30. The number of nitrogens with zero attached hydrogens (tertiary/aromatic N) is 1. The Morgan fingerprint density at radius 2 is 1.76 bits per heavy atom. The van der Waals surface area contributed by atoms with E-state index in [0.717, 1.165) is 11.1 Å². The molecule has 1 fully saturated rings. The maximum Gasteiger partial charge on any atom is 0.253 e. The van der Waals surface area contributed by atoms with Crippen molar-refractivity contribution in [1.82, 2.24) is 10.2 Å². The smallest absolute Gasteiger partial charge is 0.253 e. The van der Waals surface area contributed by atoms with Gasteiger partial charge < -0.3 is 19.7 Å². The van der Waals surface area contributed by atoms with E-state index >= 15 is 0 Å². The van der Waals surface area contributed by atoms with E-state index in [-0.39, 0.29) is 17.7 Å². The minimum absolute atomic E-state index is 0.104. The first-order chi connectivity index (χ1) is 16.5. The summed E-state index contributed by atoms with van der Waals surface area (Å²) in [6.45, 7) is 1.11. The summed E-state index contributed by atoms with van der Waals surface area (Å²) in [4.78, 5) is 28.3. The molecule has 7 heteroatoms. The molecule has 4 rings (SSSR count). The number of rotatable bonds is 7. The van der Waals surface area contributed by atoms with Gasteiger partial charge in [-0.15, -0.1) is 0 Å². The number of likely N-dealkylation sites (tertiary alicyclic amines) is 1. The minimum Gasteiger partial charge on any atom is -0.497 e. The quantitative estimate of drug-likeness (QED) is 0.541. The Kier molecular flexibility index (Phi) is 7.38. The molecule has 0 radical (unpaired) electrons. The normalized spacial score (nSPS) is 17.3. The summed E-state index contributed by atoms with van der Waals surface area (Å²) < 4.78 is 10.9. The molecule has 1 saturated heterocycles.